The highest BCUT2D eigenvalue weighted by Crippen LogP contribution is 2.17. The van der Waals surface area contributed by atoms with E-state index in [1.165, 1.54) is 0 Å². The van der Waals surface area contributed by atoms with E-state index in [0.29, 0.717) is 0 Å². The number of hydrogen-bond donors (Lipinski definition) is 1. The maximum Gasteiger partial charge on any atom is 0.159 e. The van der Waals surface area contributed by atoms with Gasteiger partial charge in [-0.05, 0) is 13.3 Å². The van der Waals surface area contributed by atoms with Crippen LogP contribution in [0, 0.1) is 0 Å². The Balaban J connectivity index is 2.35. The lowest BCUT2D eigenvalue weighted by atomic mass is 10.0. The second-order valence-corrected chi connectivity index (χ2v) is 2.84. The van der Waals surface area contributed by atoms with Crippen LogP contribution in [0.2, 0.25) is 0 Å². The molecule has 10 heavy (non-hydrogen) atoms. The third-order valence-electron chi connectivity index (χ3n) is 1.78. The Morgan fingerprint density at radius 1 is 1.50 bits per heavy atom. The Hall–Kier alpha value is -0.120. The Morgan fingerprint density at radius 3 is 2.70 bits per heavy atom. The Bertz CT molecular complexity index is 97.8. The minimum Gasteiger partial charge on any atom is -0.356 e. The van der Waals surface area contributed by atoms with Crippen LogP contribution in [-0.4, -0.2) is 25.5 Å². The predicted octanol–water partition coefficient (Wildman–Crippen LogP) is 0.485. The topological polar surface area (TPSA) is 44.5 Å². The monoisotopic (exact) mass is 145 g/mol. The average molecular weight is 145 g/mol. The summed E-state index contributed by atoms with van der Waals surface area (Å²) in [4.78, 5) is 0. The van der Waals surface area contributed by atoms with E-state index in [1.807, 2.05) is 6.92 Å². The van der Waals surface area contributed by atoms with Crippen LogP contribution in [0.4, 0.5) is 0 Å². The normalized spacial score (nSPS) is 41.7. The van der Waals surface area contributed by atoms with E-state index < -0.39 is 0 Å². The van der Waals surface area contributed by atoms with Crippen LogP contribution in [-0.2, 0) is 9.47 Å². The van der Waals surface area contributed by atoms with Gasteiger partial charge in [0.15, 0.2) is 6.29 Å². The third kappa shape index (κ3) is 1.94. The Morgan fingerprint density at radius 2 is 2.20 bits per heavy atom. The molecule has 0 amide bonds. The highest BCUT2D eigenvalue weighted by Gasteiger charge is 2.23. The molecule has 2 N–H and O–H groups in total. The summed E-state index contributed by atoms with van der Waals surface area (Å²) in [5.74, 6) is 0. The highest BCUT2D eigenvalue weighted by atomic mass is 16.7. The lowest BCUT2D eigenvalue weighted by Crippen LogP contribution is -2.39. The molecule has 0 aromatic carbocycles. The molecule has 3 nitrogen and oxygen atoms in total. The number of rotatable bonds is 1. The van der Waals surface area contributed by atoms with Crippen molar-refractivity contribution in [2.75, 3.05) is 7.11 Å². The summed E-state index contributed by atoms with van der Waals surface area (Å²) >= 11 is 0. The molecule has 1 aliphatic rings. The molecule has 1 unspecified atom stereocenters. The summed E-state index contributed by atoms with van der Waals surface area (Å²) in [6.45, 7) is 2.02. The molecule has 0 aromatic rings. The van der Waals surface area contributed by atoms with Crippen molar-refractivity contribution in [1.82, 2.24) is 0 Å². The van der Waals surface area contributed by atoms with Gasteiger partial charge in [-0.3, -0.25) is 0 Å². The molecular formula is C7H15NO2. The SMILES string of the molecule is COC1C[C@H](N)C[C@H](C)O1. The summed E-state index contributed by atoms with van der Waals surface area (Å²) in [7, 11) is 1.65. The molecule has 0 aromatic heterocycles. The van der Waals surface area contributed by atoms with E-state index >= 15 is 0 Å². The van der Waals surface area contributed by atoms with E-state index in [-0.39, 0.29) is 18.4 Å². The summed E-state index contributed by atoms with van der Waals surface area (Å²) in [5, 5.41) is 0. The van der Waals surface area contributed by atoms with Gasteiger partial charge in [0.05, 0.1) is 6.10 Å². The quantitative estimate of drug-likeness (QED) is 0.584. The predicted molar refractivity (Wildman–Crippen MR) is 38.6 cm³/mol. The molecule has 0 saturated carbocycles. The van der Waals surface area contributed by atoms with Crippen LogP contribution in [0.3, 0.4) is 0 Å². The van der Waals surface area contributed by atoms with Gasteiger partial charge in [-0.15, -0.1) is 0 Å². The van der Waals surface area contributed by atoms with Crippen molar-refractivity contribution in [3.63, 3.8) is 0 Å². The first-order valence-electron chi connectivity index (χ1n) is 3.66. The molecule has 3 heteroatoms. The molecular weight excluding hydrogens is 130 g/mol. The first-order valence-corrected chi connectivity index (χ1v) is 3.66. The van der Waals surface area contributed by atoms with E-state index in [1.54, 1.807) is 7.11 Å². The second kappa shape index (κ2) is 3.32. The molecule has 3 atom stereocenters. The molecule has 1 aliphatic heterocycles. The van der Waals surface area contributed by atoms with Crippen molar-refractivity contribution in [1.29, 1.82) is 0 Å². The van der Waals surface area contributed by atoms with Crippen molar-refractivity contribution in [2.24, 2.45) is 5.73 Å². The first-order chi connectivity index (χ1) is 4.72. The largest absolute Gasteiger partial charge is 0.356 e. The lowest BCUT2D eigenvalue weighted by molar-refractivity contribution is -0.178. The van der Waals surface area contributed by atoms with E-state index in [9.17, 15) is 0 Å². The van der Waals surface area contributed by atoms with Crippen molar-refractivity contribution in [2.45, 2.75) is 38.2 Å². The molecule has 0 radical (unpaired) electrons. The average Bonchev–Trinajstić information content (AvgIpc) is 1.85. The zero-order valence-electron chi connectivity index (χ0n) is 6.54. The van der Waals surface area contributed by atoms with Gasteiger partial charge in [0.25, 0.3) is 0 Å². The Labute approximate surface area is 61.5 Å². The van der Waals surface area contributed by atoms with Gasteiger partial charge in [-0.2, -0.15) is 0 Å². The minimum atomic E-state index is -0.0845. The van der Waals surface area contributed by atoms with Gasteiger partial charge in [-0.1, -0.05) is 0 Å². The number of ether oxygens (including phenoxy) is 2. The maximum atomic E-state index is 5.73. The van der Waals surface area contributed by atoms with E-state index in [0.717, 1.165) is 12.8 Å². The Kier molecular flexibility index (Phi) is 2.65. The van der Waals surface area contributed by atoms with Gasteiger partial charge in [0, 0.05) is 19.6 Å². The molecule has 0 aliphatic carbocycles. The first kappa shape index (κ1) is 7.98. The molecule has 1 heterocycles. The maximum absolute atomic E-state index is 5.73. The summed E-state index contributed by atoms with van der Waals surface area (Å²) in [6.07, 6.45) is 1.92. The van der Waals surface area contributed by atoms with Crippen molar-refractivity contribution in [3.05, 3.63) is 0 Å². The molecule has 0 bridgehead atoms. The smallest absolute Gasteiger partial charge is 0.159 e. The zero-order valence-corrected chi connectivity index (χ0v) is 6.54. The van der Waals surface area contributed by atoms with Crippen LogP contribution in [0.5, 0.6) is 0 Å². The van der Waals surface area contributed by atoms with Crippen LogP contribution in [0.15, 0.2) is 0 Å². The fraction of sp³-hybridized carbons (Fsp3) is 1.00. The molecule has 1 fully saturated rings. The number of methoxy groups -OCH3 is 1. The van der Waals surface area contributed by atoms with Gasteiger partial charge in [0.2, 0.25) is 0 Å². The fourth-order valence-corrected chi connectivity index (χ4v) is 1.29. The molecule has 0 spiro atoms. The summed E-state index contributed by atoms with van der Waals surface area (Å²) < 4.78 is 10.4. The highest BCUT2D eigenvalue weighted by molar-refractivity contribution is 4.72. The number of hydrogen-bond acceptors (Lipinski definition) is 3. The van der Waals surface area contributed by atoms with Gasteiger partial charge in [-0.25, -0.2) is 0 Å². The molecule has 1 rings (SSSR count). The molecule has 1 saturated heterocycles. The zero-order chi connectivity index (χ0) is 7.56. The summed E-state index contributed by atoms with van der Waals surface area (Å²) in [5.41, 5.74) is 5.73. The van der Waals surface area contributed by atoms with Crippen LogP contribution < -0.4 is 5.73 Å². The van der Waals surface area contributed by atoms with E-state index in [4.69, 9.17) is 15.2 Å². The molecule has 60 valence electrons. The standard InChI is InChI=1S/C7H15NO2/c1-5-3-6(8)4-7(9-2)10-5/h5-7H,3-4,8H2,1-2H3/t5-,6+,7?/m0/s1. The van der Waals surface area contributed by atoms with Crippen molar-refractivity contribution in [3.8, 4) is 0 Å². The second-order valence-electron chi connectivity index (χ2n) is 2.84. The third-order valence-corrected chi connectivity index (χ3v) is 1.78. The van der Waals surface area contributed by atoms with Gasteiger partial charge >= 0.3 is 0 Å². The van der Waals surface area contributed by atoms with Crippen molar-refractivity contribution >= 4 is 0 Å². The van der Waals surface area contributed by atoms with Crippen LogP contribution in [0.25, 0.3) is 0 Å². The van der Waals surface area contributed by atoms with Crippen LogP contribution >= 0.6 is 0 Å². The summed E-state index contributed by atoms with van der Waals surface area (Å²) in [6, 6.07) is 0.244. The van der Waals surface area contributed by atoms with E-state index in [2.05, 4.69) is 0 Å². The lowest BCUT2D eigenvalue weighted by Gasteiger charge is -2.30. The van der Waals surface area contributed by atoms with Gasteiger partial charge in [0.1, 0.15) is 0 Å². The van der Waals surface area contributed by atoms with Crippen LogP contribution in [0.1, 0.15) is 19.8 Å². The number of nitrogens with two attached hydrogens (primary N) is 1. The van der Waals surface area contributed by atoms with Gasteiger partial charge < -0.3 is 15.2 Å². The fourth-order valence-electron chi connectivity index (χ4n) is 1.29. The minimum absolute atomic E-state index is 0.0845. The van der Waals surface area contributed by atoms with Crippen molar-refractivity contribution < 1.29 is 9.47 Å².